The minimum Gasteiger partial charge on any atom is -0.385 e. The number of halogens is 1. The molecule has 7 nitrogen and oxygen atoms in total. The fraction of sp³-hybridized carbons (Fsp3) is 0.406. The molecule has 40 heavy (non-hydrogen) atoms. The van der Waals surface area contributed by atoms with Gasteiger partial charge in [-0.05, 0) is 65.8 Å². The largest absolute Gasteiger partial charge is 0.385 e. The van der Waals surface area contributed by atoms with Gasteiger partial charge in [0.1, 0.15) is 11.7 Å². The highest BCUT2D eigenvalue weighted by Crippen LogP contribution is 2.43. The van der Waals surface area contributed by atoms with E-state index in [0.29, 0.717) is 61.9 Å². The summed E-state index contributed by atoms with van der Waals surface area (Å²) in [4.78, 5) is 15.2. The molecule has 0 spiro atoms. The van der Waals surface area contributed by atoms with Gasteiger partial charge in [0.25, 0.3) is 5.91 Å². The lowest BCUT2D eigenvalue weighted by Crippen LogP contribution is -2.54. The predicted octanol–water partition coefficient (Wildman–Crippen LogP) is 5.16. The minimum atomic E-state index is -1.41. The number of unbranched alkanes of at least 4 members (excludes halogenated alkanes) is 1. The summed E-state index contributed by atoms with van der Waals surface area (Å²) in [6, 6.07) is 20.9. The molecule has 1 aliphatic heterocycles. The van der Waals surface area contributed by atoms with Gasteiger partial charge >= 0.3 is 0 Å². The lowest BCUT2D eigenvalue weighted by molar-refractivity contribution is -0.146. The zero-order valence-electron chi connectivity index (χ0n) is 23.3. The number of hydrogen-bond acceptors (Lipinski definition) is 6. The van der Waals surface area contributed by atoms with Crippen molar-refractivity contribution < 1.29 is 24.1 Å². The summed E-state index contributed by atoms with van der Waals surface area (Å²) in [5.41, 5.74) is 9.18. The molecule has 3 aromatic carbocycles. The molecule has 3 N–H and O–H groups in total. The third-order valence-corrected chi connectivity index (χ3v) is 7.80. The lowest BCUT2D eigenvalue weighted by atomic mass is 9.78. The van der Waals surface area contributed by atoms with Gasteiger partial charge in [-0.25, -0.2) is 0 Å². The molecule has 0 bridgehead atoms. The van der Waals surface area contributed by atoms with E-state index >= 15 is 0 Å². The van der Waals surface area contributed by atoms with Crippen molar-refractivity contribution in [2.45, 2.75) is 44.1 Å². The number of amides is 1. The van der Waals surface area contributed by atoms with Crippen molar-refractivity contribution in [3.8, 4) is 11.1 Å². The third kappa shape index (κ3) is 6.92. The molecule has 214 valence electrons. The van der Waals surface area contributed by atoms with Crippen LogP contribution in [0.2, 0.25) is 5.02 Å². The monoisotopic (exact) mass is 566 g/mol. The van der Waals surface area contributed by atoms with Gasteiger partial charge < -0.3 is 30.0 Å². The van der Waals surface area contributed by atoms with Gasteiger partial charge in [0.2, 0.25) is 0 Å². The number of methoxy groups -OCH3 is 2. The number of aliphatic hydroxyl groups is 1. The molecule has 1 fully saturated rings. The molecule has 1 heterocycles. The number of ether oxygens (including phenoxy) is 3. The Hall–Kier alpha value is -2.78. The van der Waals surface area contributed by atoms with Gasteiger partial charge in [-0.15, -0.1) is 0 Å². The Morgan fingerprint density at radius 1 is 1.07 bits per heavy atom. The van der Waals surface area contributed by atoms with Crippen molar-refractivity contribution >= 4 is 17.5 Å². The van der Waals surface area contributed by atoms with Crippen LogP contribution >= 0.6 is 11.6 Å². The van der Waals surface area contributed by atoms with Gasteiger partial charge in [0.15, 0.2) is 0 Å². The number of rotatable bonds is 12. The van der Waals surface area contributed by atoms with Crippen molar-refractivity contribution in [3.63, 3.8) is 0 Å². The highest BCUT2D eigenvalue weighted by atomic mass is 35.5. The molecule has 2 unspecified atom stereocenters. The highest BCUT2D eigenvalue weighted by molar-refractivity contribution is 6.33. The first-order valence-electron chi connectivity index (χ1n) is 13.7. The lowest BCUT2D eigenvalue weighted by Gasteiger charge is -2.43. The summed E-state index contributed by atoms with van der Waals surface area (Å²) < 4.78 is 16.9. The molecule has 2 atom stereocenters. The van der Waals surface area contributed by atoms with Crippen molar-refractivity contribution in [1.82, 2.24) is 4.90 Å². The Labute approximate surface area is 241 Å². The maximum Gasteiger partial charge on any atom is 0.254 e. The average molecular weight is 567 g/mol. The van der Waals surface area contributed by atoms with E-state index in [0.717, 1.165) is 28.7 Å². The van der Waals surface area contributed by atoms with Crippen molar-refractivity contribution in [2.75, 3.05) is 40.5 Å². The van der Waals surface area contributed by atoms with Crippen LogP contribution in [-0.2, 0) is 33.0 Å². The number of hydrogen-bond donors (Lipinski definition) is 2. The van der Waals surface area contributed by atoms with Gasteiger partial charge in [0.05, 0.1) is 19.8 Å². The Balaban J connectivity index is 1.71. The summed E-state index contributed by atoms with van der Waals surface area (Å²) in [5, 5.41) is 13.1. The minimum absolute atomic E-state index is 0.0998. The van der Waals surface area contributed by atoms with E-state index in [2.05, 4.69) is 0 Å². The van der Waals surface area contributed by atoms with Crippen LogP contribution in [0.1, 0.15) is 46.3 Å². The van der Waals surface area contributed by atoms with Crippen molar-refractivity contribution in [1.29, 1.82) is 0 Å². The number of benzene rings is 3. The second kappa shape index (κ2) is 14.2. The van der Waals surface area contributed by atoms with Crippen LogP contribution in [0.15, 0.2) is 66.7 Å². The maximum absolute atomic E-state index is 13.5. The smallest absolute Gasteiger partial charge is 0.254 e. The van der Waals surface area contributed by atoms with E-state index in [4.69, 9.17) is 31.5 Å². The predicted molar refractivity (Wildman–Crippen MR) is 157 cm³/mol. The standard InChI is InChI=1S/C32H39ClN2O5/c1-38-17-4-3-15-32(37,27-9-6-10-28(33)30(27)26-8-5-7-24(19-26)22-39-2)29-21-35(16-18-40-29)31(36)25-13-11-23(20-34)12-14-25/h5-14,19,29,37H,3-4,15-18,20-22,34H2,1-2H3. The molecule has 0 aromatic heterocycles. The zero-order chi connectivity index (χ0) is 28.5. The first kappa shape index (κ1) is 30.2. The van der Waals surface area contributed by atoms with Gasteiger partial charge in [0, 0.05) is 50.1 Å². The number of carbonyl (C=O) groups is 1. The fourth-order valence-electron chi connectivity index (χ4n) is 5.36. The summed E-state index contributed by atoms with van der Waals surface area (Å²) in [5.74, 6) is -0.0998. The Bertz CT molecular complexity index is 1270. The van der Waals surface area contributed by atoms with E-state index in [1.165, 1.54) is 0 Å². The second-order valence-corrected chi connectivity index (χ2v) is 10.6. The molecular weight excluding hydrogens is 528 g/mol. The molecule has 1 amide bonds. The number of morpholine rings is 1. The molecule has 4 rings (SSSR count). The highest BCUT2D eigenvalue weighted by Gasteiger charge is 2.44. The quantitative estimate of drug-likeness (QED) is 0.294. The van der Waals surface area contributed by atoms with Crippen LogP contribution in [-0.4, -0.2) is 62.5 Å². The molecule has 0 aliphatic carbocycles. The first-order valence-corrected chi connectivity index (χ1v) is 14.1. The van der Waals surface area contributed by atoms with E-state index in [1.54, 1.807) is 31.3 Å². The van der Waals surface area contributed by atoms with Crippen molar-refractivity contribution in [3.05, 3.63) is 94.0 Å². The first-order chi connectivity index (χ1) is 19.4. The summed E-state index contributed by atoms with van der Waals surface area (Å²) in [6.07, 6.45) is 1.24. The van der Waals surface area contributed by atoms with E-state index in [1.807, 2.05) is 54.6 Å². The third-order valence-electron chi connectivity index (χ3n) is 7.49. The molecule has 3 aromatic rings. The SMILES string of the molecule is COCCCCC(O)(c1cccc(Cl)c1-c1cccc(COC)c1)C1CN(C(=O)c2ccc(CN)cc2)CCO1. The van der Waals surface area contributed by atoms with E-state index in [9.17, 15) is 9.90 Å². The topological polar surface area (TPSA) is 94.2 Å². The number of nitrogens with zero attached hydrogens (tertiary/aromatic N) is 1. The fourth-order valence-corrected chi connectivity index (χ4v) is 5.64. The molecule has 0 saturated carbocycles. The summed E-state index contributed by atoms with van der Waals surface area (Å²) in [7, 11) is 3.33. The molecular formula is C32H39ClN2O5. The Morgan fingerprint density at radius 2 is 1.85 bits per heavy atom. The Morgan fingerprint density at radius 3 is 2.58 bits per heavy atom. The molecule has 1 saturated heterocycles. The van der Waals surface area contributed by atoms with Crippen LogP contribution in [0.4, 0.5) is 0 Å². The molecule has 1 aliphatic rings. The van der Waals surface area contributed by atoms with Crippen LogP contribution < -0.4 is 5.73 Å². The van der Waals surface area contributed by atoms with Gasteiger partial charge in [-0.1, -0.05) is 54.1 Å². The zero-order valence-corrected chi connectivity index (χ0v) is 24.0. The Kier molecular flexibility index (Phi) is 10.7. The summed E-state index contributed by atoms with van der Waals surface area (Å²) >= 11 is 6.83. The van der Waals surface area contributed by atoms with Crippen LogP contribution in [0.5, 0.6) is 0 Å². The second-order valence-electron chi connectivity index (χ2n) is 10.2. The van der Waals surface area contributed by atoms with Crippen LogP contribution in [0.25, 0.3) is 11.1 Å². The number of nitrogens with two attached hydrogens (primary N) is 1. The van der Waals surface area contributed by atoms with Crippen LogP contribution in [0, 0.1) is 0 Å². The maximum atomic E-state index is 13.5. The van der Waals surface area contributed by atoms with Crippen LogP contribution in [0.3, 0.4) is 0 Å². The van der Waals surface area contributed by atoms with Crippen molar-refractivity contribution in [2.24, 2.45) is 5.73 Å². The van der Waals surface area contributed by atoms with E-state index < -0.39 is 11.7 Å². The van der Waals surface area contributed by atoms with Gasteiger partial charge in [-0.3, -0.25) is 4.79 Å². The number of carbonyl (C=O) groups excluding carboxylic acids is 1. The van der Waals surface area contributed by atoms with E-state index in [-0.39, 0.29) is 12.5 Å². The summed E-state index contributed by atoms with van der Waals surface area (Å²) in [6.45, 7) is 2.47. The van der Waals surface area contributed by atoms with Gasteiger partial charge in [-0.2, -0.15) is 0 Å². The molecule has 0 radical (unpaired) electrons. The molecule has 8 heteroatoms. The normalized spacial score (nSPS) is 17.0. The average Bonchev–Trinajstić information content (AvgIpc) is 2.99.